The van der Waals surface area contributed by atoms with Gasteiger partial charge in [0.2, 0.25) is 5.91 Å². The molecule has 1 aliphatic heterocycles. The molecule has 7 nitrogen and oxygen atoms in total. The Bertz CT molecular complexity index is 632. The van der Waals surface area contributed by atoms with Crippen LogP contribution in [0.5, 0.6) is 0 Å². The van der Waals surface area contributed by atoms with Gasteiger partial charge in [-0.05, 0) is 37.1 Å². The number of anilines is 1. The van der Waals surface area contributed by atoms with Gasteiger partial charge in [0.25, 0.3) is 0 Å². The van der Waals surface area contributed by atoms with Gasteiger partial charge in [0, 0.05) is 12.3 Å². The zero-order chi connectivity index (χ0) is 15.4. The first-order chi connectivity index (χ1) is 10.7. The molecule has 1 amide bonds. The minimum absolute atomic E-state index is 0.0389. The van der Waals surface area contributed by atoms with Crippen molar-refractivity contribution in [3.05, 3.63) is 36.2 Å². The number of nitrogens with zero attached hydrogens (tertiary/aromatic N) is 3. The molecule has 0 saturated carbocycles. The lowest BCUT2D eigenvalue weighted by Crippen LogP contribution is -2.19. The van der Waals surface area contributed by atoms with Crippen LogP contribution in [0.4, 0.5) is 5.69 Å². The minimum Gasteiger partial charge on any atom is -0.390 e. The van der Waals surface area contributed by atoms with E-state index in [4.69, 9.17) is 9.84 Å². The van der Waals surface area contributed by atoms with E-state index in [1.807, 2.05) is 24.3 Å². The number of carbonyl (C=O) groups is 1. The van der Waals surface area contributed by atoms with Crippen molar-refractivity contribution in [3.8, 4) is 5.69 Å². The summed E-state index contributed by atoms with van der Waals surface area (Å²) in [7, 11) is 0. The third-order valence-corrected chi connectivity index (χ3v) is 3.56. The van der Waals surface area contributed by atoms with Gasteiger partial charge >= 0.3 is 0 Å². The highest BCUT2D eigenvalue weighted by Crippen LogP contribution is 2.17. The summed E-state index contributed by atoms with van der Waals surface area (Å²) in [6, 6.07) is 7.28. The van der Waals surface area contributed by atoms with Crippen molar-refractivity contribution in [2.24, 2.45) is 0 Å². The number of ether oxygens (including phenoxy) is 1. The van der Waals surface area contributed by atoms with Gasteiger partial charge in [-0.1, -0.05) is 5.21 Å². The number of nitrogens with one attached hydrogen (secondary N) is 1. The van der Waals surface area contributed by atoms with E-state index in [1.54, 1.807) is 10.9 Å². The average molecular weight is 302 g/mol. The number of aliphatic hydroxyl groups is 1. The second-order valence-corrected chi connectivity index (χ2v) is 5.25. The largest absolute Gasteiger partial charge is 0.390 e. The molecule has 1 aromatic carbocycles. The molecule has 1 aliphatic rings. The normalized spacial score (nSPS) is 17.6. The van der Waals surface area contributed by atoms with Crippen molar-refractivity contribution in [1.29, 1.82) is 0 Å². The zero-order valence-electron chi connectivity index (χ0n) is 12.1. The Morgan fingerprint density at radius 3 is 2.86 bits per heavy atom. The number of hydrogen-bond donors (Lipinski definition) is 2. The van der Waals surface area contributed by atoms with Gasteiger partial charge in [-0.15, -0.1) is 5.10 Å². The van der Waals surface area contributed by atoms with E-state index in [2.05, 4.69) is 15.6 Å². The van der Waals surface area contributed by atoms with Crippen LogP contribution in [0.2, 0.25) is 0 Å². The third-order valence-electron chi connectivity index (χ3n) is 3.56. The van der Waals surface area contributed by atoms with Gasteiger partial charge in [0.05, 0.1) is 31.0 Å². The van der Waals surface area contributed by atoms with Gasteiger partial charge in [0.1, 0.15) is 5.69 Å². The van der Waals surface area contributed by atoms with Crippen molar-refractivity contribution in [2.75, 3.05) is 11.9 Å². The van der Waals surface area contributed by atoms with Crippen LogP contribution in [-0.4, -0.2) is 38.7 Å². The molecule has 0 aliphatic carbocycles. The molecule has 22 heavy (non-hydrogen) atoms. The fourth-order valence-corrected chi connectivity index (χ4v) is 2.42. The third kappa shape index (κ3) is 3.49. The molecule has 1 aromatic heterocycles. The summed E-state index contributed by atoms with van der Waals surface area (Å²) in [4.78, 5) is 11.9. The van der Waals surface area contributed by atoms with Gasteiger partial charge in [-0.25, -0.2) is 4.68 Å². The molecule has 1 atom stereocenters. The Morgan fingerprint density at radius 2 is 2.23 bits per heavy atom. The van der Waals surface area contributed by atoms with Crippen molar-refractivity contribution >= 4 is 11.6 Å². The van der Waals surface area contributed by atoms with Crippen LogP contribution in [-0.2, 0) is 16.1 Å². The lowest BCUT2D eigenvalue weighted by Gasteiger charge is -2.10. The highest BCUT2D eigenvalue weighted by molar-refractivity contribution is 5.91. The first kappa shape index (κ1) is 14.7. The number of rotatable bonds is 5. The molecule has 0 radical (unpaired) electrons. The zero-order valence-corrected chi connectivity index (χ0v) is 12.1. The minimum atomic E-state index is -0.141. The highest BCUT2D eigenvalue weighted by Gasteiger charge is 2.19. The second-order valence-electron chi connectivity index (χ2n) is 5.25. The smallest absolute Gasteiger partial charge is 0.226 e. The van der Waals surface area contributed by atoms with Crippen LogP contribution in [0, 0.1) is 0 Å². The fourth-order valence-electron chi connectivity index (χ4n) is 2.42. The molecule has 0 bridgehead atoms. The summed E-state index contributed by atoms with van der Waals surface area (Å²) in [5.74, 6) is -0.0389. The van der Waals surface area contributed by atoms with E-state index in [0.717, 1.165) is 30.8 Å². The van der Waals surface area contributed by atoms with Crippen LogP contribution < -0.4 is 5.32 Å². The highest BCUT2D eigenvalue weighted by atomic mass is 16.5. The van der Waals surface area contributed by atoms with E-state index in [0.29, 0.717) is 12.1 Å². The number of aromatic nitrogens is 3. The van der Waals surface area contributed by atoms with Crippen LogP contribution >= 0.6 is 0 Å². The molecule has 2 N–H and O–H groups in total. The number of benzene rings is 1. The molecule has 2 aromatic rings. The van der Waals surface area contributed by atoms with Gasteiger partial charge in [-0.3, -0.25) is 4.79 Å². The summed E-state index contributed by atoms with van der Waals surface area (Å²) < 4.78 is 7.02. The predicted molar refractivity (Wildman–Crippen MR) is 79.5 cm³/mol. The fraction of sp³-hybridized carbons (Fsp3) is 0.400. The Morgan fingerprint density at radius 1 is 1.41 bits per heavy atom. The van der Waals surface area contributed by atoms with Crippen molar-refractivity contribution in [1.82, 2.24) is 15.0 Å². The molecule has 1 fully saturated rings. The molecule has 7 heteroatoms. The van der Waals surface area contributed by atoms with E-state index >= 15 is 0 Å². The Kier molecular flexibility index (Phi) is 4.45. The van der Waals surface area contributed by atoms with E-state index in [-0.39, 0.29) is 18.6 Å². The summed E-state index contributed by atoms with van der Waals surface area (Å²) >= 11 is 0. The Balaban J connectivity index is 1.60. The molecule has 3 rings (SSSR count). The first-order valence-corrected chi connectivity index (χ1v) is 7.28. The average Bonchev–Trinajstić information content (AvgIpc) is 3.19. The molecule has 1 unspecified atom stereocenters. The lowest BCUT2D eigenvalue weighted by molar-refractivity contribution is -0.118. The maximum atomic E-state index is 11.9. The van der Waals surface area contributed by atoms with Crippen LogP contribution in [0.25, 0.3) is 5.69 Å². The van der Waals surface area contributed by atoms with Crippen molar-refractivity contribution in [2.45, 2.75) is 32.0 Å². The van der Waals surface area contributed by atoms with Gasteiger partial charge in [-0.2, -0.15) is 0 Å². The summed E-state index contributed by atoms with van der Waals surface area (Å²) in [5, 5.41) is 19.6. The molecule has 1 saturated heterocycles. The van der Waals surface area contributed by atoms with E-state index in [1.165, 1.54) is 0 Å². The van der Waals surface area contributed by atoms with Crippen molar-refractivity contribution in [3.63, 3.8) is 0 Å². The monoisotopic (exact) mass is 302 g/mol. The van der Waals surface area contributed by atoms with Gasteiger partial charge < -0.3 is 15.2 Å². The maximum absolute atomic E-state index is 11.9. The number of hydrogen-bond acceptors (Lipinski definition) is 5. The van der Waals surface area contributed by atoms with Gasteiger partial charge in [0.15, 0.2) is 0 Å². The quantitative estimate of drug-likeness (QED) is 0.868. The second kappa shape index (κ2) is 6.67. The van der Waals surface area contributed by atoms with Crippen LogP contribution in [0.3, 0.4) is 0 Å². The standard InChI is InChI=1S/C15H18N4O3/c20-10-12-9-19(18-17-12)13-5-3-11(4-6-13)16-15(21)8-14-2-1-7-22-14/h3-6,9,14,20H,1-2,7-8,10H2,(H,16,21). The predicted octanol–water partition coefficient (Wildman–Crippen LogP) is 1.27. The van der Waals surface area contributed by atoms with E-state index < -0.39 is 0 Å². The number of amides is 1. The summed E-state index contributed by atoms with van der Waals surface area (Å²) in [6.45, 7) is 0.609. The summed E-state index contributed by atoms with van der Waals surface area (Å²) in [5.41, 5.74) is 2.05. The SMILES string of the molecule is O=C(CC1CCCO1)Nc1ccc(-n2cc(CO)nn2)cc1. The topological polar surface area (TPSA) is 89.3 Å². The molecule has 116 valence electrons. The van der Waals surface area contributed by atoms with Crippen LogP contribution in [0.1, 0.15) is 25.0 Å². The number of carbonyl (C=O) groups excluding carboxylic acids is 1. The van der Waals surface area contributed by atoms with E-state index in [9.17, 15) is 4.79 Å². The summed E-state index contributed by atoms with van der Waals surface area (Å²) in [6.07, 6.45) is 4.08. The lowest BCUT2D eigenvalue weighted by atomic mass is 10.1. The molecule has 2 heterocycles. The first-order valence-electron chi connectivity index (χ1n) is 7.28. The van der Waals surface area contributed by atoms with Crippen molar-refractivity contribution < 1.29 is 14.6 Å². The molecule has 0 spiro atoms. The molecular weight excluding hydrogens is 284 g/mol. The van der Waals surface area contributed by atoms with Crippen LogP contribution in [0.15, 0.2) is 30.5 Å². The maximum Gasteiger partial charge on any atom is 0.226 e. The molecular formula is C15H18N4O3. The number of aliphatic hydroxyl groups excluding tert-OH is 1. The Hall–Kier alpha value is -2.25. The Labute approximate surface area is 127 Å².